The maximum atomic E-state index is 11.3. The third kappa shape index (κ3) is 1.27. The minimum atomic E-state index is 0.0358. The summed E-state index contributed by atoms with van der Waals surface area (Å²) in [7, 11) is 0. The number of carbonyl (C=O) groups is 1. The number of hydrogen-bond acceptors (Lipinski definition) is 3. The highest BCUT2D eigenvalue weighted by molar-refractivity contribution is 6.05. The van der Waals surface area contributed by atoms with Gasteiger partial charge in [0.2, 0.25) is 0 Å². The van der Waals surface area contributed by atoms with Crippen molar-refractivity contribution in [2.75, 3.05) is 0 Å². The fourth-order valence-electron chi connectivity index (χ4n) is 1.50. The van der Waals surface area contributed by atoms with Gasteiger partial charge in [-0.15, -0.1) is 0 Å². The molecule has 0 saturated heterocycles. The molecule has 0 atom stereocenters. The molecule has 3 nitrogen and oxygen atoms in total. The van der Waals surface area contributed by atoms with E-state index in [1.165, 1.54) is 6.33 Å². The van der Waals surface area contributed by atoms with Crippen molar-refractivity contribution in [1.29, 1.82) is 0 Å². The Hall–Kier alpha value is -1.77. The monoisotopic (exact) mass is 186 g/mol. The zero-order valence-electron chi connectivity index (χ0n) is 8.11. The summed E-state index contributed by atoms with van der Waals surface area (Å²) in [6.07, 6.45) is 1.49. The van der Waals surface area contributed by atoms with Gasteiger partial charge in [-0.1, -0.05) is 12.1 Å². The molecule has 0 spiro atoms. The minimum absolute atomic E-state index is 0.0358. The molecule has 1 aromatic heterocycles. The van der Waals surface area contributed by atoms with E-state index in [2.05, 4.69) is 9.97 Å². The van der Waals surface area contributed by atoms with Gasteiger partial charge in [-0.2, -0.15) is 0 Å². The van der Waals surface area contributed by atoms with Gasteiger partial charge in [-0.05, 0) is 19.9 Å². The van der Waals surface area contributed by atoms with Crippen molar-refractivity contribution in [2.45, 2.75) is 13.8 Å². The highest BCUT2D eigenvalue weighted by Gasteiger charge is 2.07. The molecule has 0 aliphatic heterocycles. The van der Waals surface area contributed by atoms with Gasteiger partial charge in [0.05, 0.1) is 5.52 Å². The molecule has 0 amide bonds. The Morgan fingerprint density at radius 3 is 2.79 bits per heavy atom. The largest absolute Gasteiger partial charge is 0.294 e. The third-order valence-electron chi connectivity index (χ3n) is 2.24. The number of aryl methyl sites for hydroxylation is 1. The Morgan fingerprint density at radius 2 is 2.07 bits per heavy atom. The molecular formula is C11H10N2O. The fourth-order valence-corrected chi connectivity index (χ4v) is 1.50. The van der Waals surface area contributed by atoms with Crippen LogP contribution in [0, 0.1) is 6.92 Å². The number of ketones is 1. The molecule has 0 N–H and O–H groups in total. The Bertz CT molecular complexity index is 506. The van der Waals surface area contributed by atoms with E-state index in [0.717, 1.165) is 16.6 Å². The summed E-state index contributed by atoms with van der Waals surface area (Å²) in [5, 5.41) is 0.945. The Kier molecular flexibility index (Phi) is 2.00. The van der Waals surface area contributed by atoms with Crippen molar-refractivity contribution in [3.8, 4) is 0 Å². The van der Waals surface area contributed by atoms with Crippen LogP contribution in [-0.2, 0) is 0 Å². The van der Waals surface area contributed by atoms with E-state index >= 15 is 0 Å². The molecule has 3 heteroatoms. The normalized spacial score (nSPS) is 10.4. The number of hydrogen-bond donors (Lipinski definition) is 0. The molecule has 1 aromatic carbocycles. The fraction of sp³-hybridized carbons (Fsp3) is 0.182. The topological polar surface area (TPSA) is 42.9 Å². The molecule has 14 heavy (non-hydrogen) atoms. The smallest absolute Gasteiger partial charge is 0.161 e. The molecule has 0 radical (unpaired) electrons. The summed E-state index contributed by atoms with van der Waals surface area (Å²) >= 11 is 0. The van der Waals surface area contributed by atoms with Crippen molar-refractivity contribution in [3.63, 3.8) is 0 Å². The van der Waals surface area contributed by atoms with E-state index in [-0.39, 0.29) is 5.78 Å². The van der Waals surface area contributed by atoms with Crippen LogP contribution in [0.15, 0.2) is 24.5 Å². The van der Waals surface area contributed by atoms with Crippen molar-refractivity contribution in [1.82, 2.24) is 9.97 Å². The second kappa shape index (κ2) is 3.18. The number of aromatic nitrogens is 2. The molecule has 2 rings (SSSR count). The number of rotatable bonds is 1. The second-order valence-electron chi connectivity index (χ2n) is 3.22. The Balaban J connectivity index is 2.88. The maximum Gasteiger partial charge on any atom is 0.161 e. The average Bonchev–Trinajstić information content (AvgIpc) is 2.17. The SMILES string of the molecule is CC(=O)c1cccc2c(C)ncnc12. The number of fused-ring (bicyclic) bond motifs is 1. The second-order valence-corrected chi connectivity index (χ2v) is 3.22. The summed E-state index contributed by atoms with van der Waals surface area (Å²) in [4.78, 5) is 19.5. The number of nitrogens with zero attached hydrogens (tertiary/aromatic N) is 2. The summed E-state index contributed by atoms with van der Waals surface area (Å²) in [6, 6.07) is 5.57. The molecule has 0 fully saturated rings. The molecule has 0 aliphatic carbocycles. The van der Waals surface area contributed by atoms with Crippen LogP contribution in [0.3, 0.4) is 0 Å². The van der Waals surface area contributed by atoms with Crippen molar-refractivity contribution < 1.29 is 4.79 Å². The molecule has 0 aliphatic rings. The molecular weight excluding hydrogens is 176 g/mol. The van der Waals surface area contributed by atoms with Crippen LogP contribution < -0.4 is 0 Å². The summed E-state index contributed by atoms with van der Waals surface area (Å²) in [5.74, 6) is 0.0358. The molecule has 0 saturated carbocycles. The van der Waals surface area contributed by atoms with E-state index in [1.54, 1.807) is 13.0 Å². The highest BCUT2D eigenvalue weighted by Crippen LogP contribution is 2.18. The van der Waals surface area contributed by atoms with Crippen LogP contribution in [0.4, 0.5) is 0 Å². The molecule has 1 heterocycles. The molecule has 70 valence electrons. The highest BCUT2D eigenvalue weighted by atomic mass is 16.1. The quantitative estimate of drug-likeness (QED) is 0.641. The van der Waals surface area contributed by atoms with Crippen LogP contribution >= 0.6 is 0 Å². The third-order valence-corrected chi connectivity index (χ3v) is 2.24. The first-order valence-electron chi connectivity index (χ1n) is 4.41. The lowest BCUT2D eigenvalue weighted by atomic mass is 10.1. The lowest BCUT2D eigenvalue weighted by molar-refractivity contribution is 0.101. The van der Waals surface area contributed by atoms with E-state index in [0.29, 0.717) is 5.56 Å². The molecule has 2 aromatic rings. The lowest BCUT2D eigenvalue weighted by Crippen LogP contribution is -1.97. The van der Waals surface area contributed by atoms with E-state index in [4.69, 9.17) is 0 Å². The average molecular weight is 186 g/mol. The predicted molar refractivity (Wildman–Crippen MR) is 54.3 cm³/mol. The zero-order chi connectivity index (χ0) is 10.1. The van der Waals surface area contributed by atoms with Gasteiger partial charge in [0.1, 0.15) is 6.33 Å². The zero-order valence-corrected chi connectivity index (χ0v) is 8.11. The predicted octanol–water partition coefficient (Wildman–Crippen LogP) is 2.14. The number of benzene rings is 1. The first-order valence-corrected chi connectivity index (χ1v) is 4.41. The van der Waals surface area contributed by atoms with Crippen LogP contribution in [0.25, 0.3) is 10.9 Å². The van der Waals surface area contributed by atoms with Crippen LogP contribution in [0.5, 0.6) is 0 Å². The number of para-hydroxylation sites is 1. The number of carbonyl (C=O) groups excluding carboxylic acids is 1. The lowest BCUT2D eigenvalue weighted by Gasteiger charge is -2.03. The Morgan fingerprint density at radius 1 is 1.29 bits per heavy atom. The Labute approximate surface area is 81.8 Å². The van der Waals surface area contributed by atoms with Crippen molar-refractivity contribution in [3.05, 3.63) is 35.8 Å². The maximum absolute atomic E-state index is 11.3. The van der Waals surface area contributed by atoms with Crippen molar-refractivity contribution >= 4 is 16.7 Å². The molecule has 0 bridgehead atoms. The molecule has 0 unspecified atom stereocenters. The first-order chi connectivity index (χ1) is 6.70. The summed E-state index contributed by atoms with van der Waals surface area (Å²) in [5.41, 5.74) is 2.30. The van der Waals surface area contributed by atoms with Gasteiger partial charge in [0, 0.05) is 16.6 Å². The van der Waals surface area contributed by atoms with Crippen LogP contribution in [-0.4, -0.2) is 15.8 Å². The summed E-state index contributed by atoms with van der Waals surface area (Å²) < 4.78 is 0. The van der Waals surface area contributed by atoms with Crippen LogP contribution in [0.1, 0.15) is 23.0 Å². The summed E-state index contributed by atoms with van der Waals surface area (Å²) in [6.45, 7) is 3.46. The van der Waals surface area contributed by atoms with E-state index < -0.39 is 0 Å². The van der Waals surface area contributed by atoms with Crippen LogP contribution in [0.2, 0.25) is 0 Å². The first kappa shape index (κ1) is 8.81. The van der Waals surface area contributed by atoms with E-state index in [1.807, 2.05) is 19.1 Å². The van der Waals surface area contributed by atoms with Gasteiger partial charge in [0.15, 0.2) is 5.78 Å². The van der Waals surface area contributed by atoms with E-state index in [9.17, 15) is 4.79 Å². The standard InChI is InChI=1S/C11H10N2O/c1-7-9-4-3-5-10(8(2)14)11(9)13-6-12-7/h3-6H,1-2H3. The number of Topliss-reactive ketones (excluding diaryl/α,β-unsaturated/α-hetero) is 1. The van der Waals surface area contributed by atoms with Gasteiger partial charge in [-0.25, -0.2) is 9.97 Å². The minimum Gasteiger partial charge on any atom is -0.294 e. The van der Waals surface area contributed by atoms with Gasteiger partial charge in [0.25, 0.3) is 0 Å². The van der Waals surface area contributed by atoms with Crippen molar-refractivity contribution in [2.24, 2.45) is 0 Å². The van der Waals surface area contributed by atoms with Gasteiger partial charge < -0.3 is 0 Å². The van der Waals surface area contributed by atoms with Gasteiger partial charge >= 0.3 is 0 Å². The van der Waals surface area contributed by atoms with Gasteiger partial charge in [-0.3, -0.25) is 4.79 Å².